The van der Waals surface area contributed by atoms with Gasteiger partial charge in [0.25, 0.3) is 0 Å². The molecule has 1 spiro atoms. The highest BCUT2D eigenvalue weighted by Crippen LogP contribution is 2.49. The Kier molecular flexibility index (Phi) is 3.22. The first-order valence-electron chi connectivity index (χ1n) is 6.58. The number of benzene rings is 1. The molecule has 1 amide bonds. The summed E-state index contributed by atoms with van der Waals surface area (Å²) in [5, 5.41) is 2.13. The van der Waals surface area contributed by atoms with E-state index in [-0.39, 0.29) is 5.91 Å². The minimum absolute atomic E-state index is 0.135. The second-order valence-electron chi connectivity index (χ2n) is 5.52. The third-order valence-electron chi connectivity index (χ3n) is 4.17. The second-order valence-corrected chi connectivity index (χ2v) is 5.96. The van der Waals surface area contributed by atoms with Crippen molar-refractivity contribution < 1.29 is 4.79 Å². The maximum atomic E-state index is 12.9. The van der Waals surface area contributed by atoms with Crippen LogP contribution in [-0.4, -0.2) is 47.8 Å². The van der Waals surface area contributed by atoms with E-state index in [1.165, 1.54) is 4.90 Å². The number of fused-ring (bicyclic) bond motifs is 2. The Morgan fingerprint density at radius 1 is 1.25 bits per heavy atom. The average molecular weight is 280 g/mol. The Balaban J connectivity index is 2.20. The SMILES string of the molecule is [B]C([B])([B])N1C(=O)C2(CCNCC2)c2cc(Cl)ccc21. The lowest BCUT2D eigenvalue weighted by atomic mass is 9.48. The molecule has 2 heterocycles. The number of carbonyl (C=O) groups is 1. The Labute approximate surface area is 127 Å². The van der Waals surface area contributed by atoms with E-state index in [0.717, 1.165) is 18.7 Å². The molecular weight excluding hydrogens is 268 g/mol. The van der Waals surface area contributed by atoms with E-state index in [0.29, 0.717) is 23.6 Å². The van der Waals surface area contributed by atoms with Gasteiger partial charge in [-0.3, -0.25) is 4.79 Å². The van der Waals surface area contributed by atoms with Gasteiger partial charge < -0.3 is 10.2 Å². The first-order chi connectivity index (χ1) is 9.36. The summed E-state index contributed by atoms with van der Waals surface area (Å²) in [5.41, 5.74) is 0.922. The van der Waals surface area contributed by atoms with E-state index in [4.69, 9.17) is 35.1 Å². The third kappa shape index (κ3) is 1.93. The summed E-state index contributed by atoms with van der Waals surface area (Å²) in [6.07, 6.45) is 1.37. The molecule has 6 radical (unpaired) electrons. The summed E-state index contributed by atoms with van der Waals surface area (Å²) in [5.74, 6) is -0.135. The quantitative estimate of drug-likeness (QED) is 0.756. The number of anilines is 1. The van der Waals surface area contributed by atoms with Gasteiger partial charge in [0.2, 0.25) is 5.91 Å². The second kappa shape index (κ2) is 4.57. The molecule has 2 aliphatic rings. The van der Waals surface area contributed by atoms with Crippen LogP contribution < -0.4 is 10.2 Å². The van der Waals surface area contributed by atoms with Crippen molar-refractivity contribution in [3.05, 3.63) is 28.8 Å². The molecule has 96 valence electrons. The first kappa shape index (κ1) is 14.1. The van der Waals surface area contributed by atoms with E-state index >= 15 is 0 Å². The standard InChI is InChI=1S/C13H12B3ClN2O/c14-13(15,16)19-10-2-1-8(17)7-9(10)12(11(19)20)3-5-18-6-4-12/h1-2,7,18H,3-6H2. The molecule has 0 unspecified atom stereocenters. The van der Waals surface area contributed by atoms with Crippen LogP contribution in [0.5, 0.6) is 0 Å². The average Bonchev–Trinajstić information content (AvgIpc) is 2.61. The number of carbonyl (C=O) groups excluding carboxylic acids is 1. The molecule has 7 heteroatoms. The largest absolute Gasteiger partial charge is 0.331 e. The van der Waals surface area contributed by atoms with Crippen molar-refractivity contribution in [2.24, 2.45) is 0 Å². The van der Waals surface area contributed by atoms with Crippen molar-refractivity contribution >= 4 is 46.7 Å². The van der Waals surface area contributed by atoms with Crippen molar-refractivity contribution in [2.75, 3.05) is 18.0 Å². The van der Waals surface area contributed by atoms with Crippen LogP contribution in [0.3, 0.4) is 0 Å². The van der Waals surface area contributed by atoms with Gasteiger partial charge in [-0.05, 0) is 49.7 Å². The van der Waals surface area contributed by atoms with Crippen molar-refractivity contribution in [3.8, 4) is 0 Å². The van der Waals surface area contributed by atoms with Crippen LogP contribution in [0.4, 0.5) is 5.69 Å². The van der Waals surface area contributed by atoms with Crippen molar-refractivity contribution in [2.45, 2.75) is 23.5 Å². The van der Waals surface area contributed by atoms with E-state index in [2.05, 4.69) is 5.32 Å². The zero-order valence-corrected chi connectivity index (χ0v) is 11.8. The number of nitrogens with one attached hydrogen (secondary N) is 1. The Morgan fingerprint density at radius 3 is 2.50 bits per heavy atom. The Morgan fingerprint density at radius 2 is 1.90 bits per heavy atom. The molecule has 3 rings (SSSR count). The fraction of sp³-hybridized carbons (Fsp3) is 0.462. The fourth-order valence-corrected chi connectivity index (χ4v) is 3.42. The van der Waals surface area contributed by atoms with E-state index in [9.17, 15) is 4.79 Å². The zero-order valence-electron chi connectivity index (χ0n) is 11.0. The lowest BCUT2D eigenvalue weighted by Gasteiger charge is -2.38. The van der Waals surface area contributed by atoms with E-state index in [1.54, 1.807) is 12.1 Å². The van der Waals surface area contributed by atoms with Gasteiger partial charge in [0.1, 0.15) is 0 Å². The number of rotatable bonds is 1. The summed E-state index contributed by atoms with van der Waals surface area (Å²) in [6, 6.07) is 5.30. The number of amides is 1. The van der Waals surface area contributed by atoms with Crippen LogP contribution >= 0.6 is 11.6 Å². The normalized spacial score (nSPS) is 21.2. The highest BCUT2D eigenvalue weighted by Gasteiger charge is 2.52. The molecule has 3 nitrogen and oxygen atoms in total. The monoisotopic (exact) mass is 280 g/mol. The molecule has 0 bridgehead atoms. The number of halogens is 1. The van der Waals surface area contributed by atoms with Gasteiger partial charge >= 0.3 is 0 Å². The zero-order chi connectivity index (χ0) is 14.5. The summed E-state index contributed by atoms with van der Waals surface area (Å²) >= 11 is 6.10. The fourth-order valence-electron chi connectivity index (χ4n) is 3.25. The number of piperidine rings is 1. The van der Waals surface area contributed by atoms with Gasteiger partial charge in [-0.1, -0.05) is 16.8 Å². The molecule has 0 atom stereocenters. The van der Waals surface area contributed by atoms with Crippen LogP contribution in [0.1, 0.15) is 18.4 Å². The lowest BCUT2D eigenvalue weighted by Crippen LogP contribution is -2.57. The molecule has 1 aromatic carbocycles. The first-order valence-corrected chi connectivity index (χ1v) is 6.96. The number of hydrogen-bond acceptors (Lipinski definition) is 2. The molecule has 0 aliphatic carbocycles. The number of nitrogens with zero attached hydrogens (tertiary/aromatic N) is 1. The molecule has 20 heavy (non-hydrogen) atoms. The molecule has 1 fully saturated rings. The third-order valence-corrected chi connectivity index (χ3v) is 4.41. The minimum atomic E-state index is -1.71. The van der Waals surface area contributed by atoms with Crippen LogP contribution in [0, 0.1) is 0 Å². The topological polar surface area (TPSA) is 32.3 Å². The molecular formula is C13H12B3ClN2O. The molecule has 1 saturated heterocycles. The van der Waals surface area contributed by atoms with Crippen LogP contribution in [0.25, 0.3) is 0 Å². The highest BCUT2D eigenvalue weighted by molar-refractivity contribution is 6.62. The minimum Gasteiger partial charge on any atom is -0.331 e. The van der Waals surface area contributed by atoms with E-state index < -0.39 is 10.7 Å². The van der Waals surface area contributed by atoms with Crippen molar-refractivity contribution in [1.29, 1.82) is 0 Å². The van der Waals surface area contributed by atoms with Crippen LogP contribution in [0.15, 0.2) is 18.2 Å². The van der Waals surface area contributed by atoms with Crippen LogP contribution in [0.2, 0.25) is 5.02 Å². The van der Waals surface area contributed by atoms with E-state index in [1.807, 2.05) is 6.07 Å². The molecule has 0 saturated carbocycles. The van der Waals surface area contributed by atoms with Gasteiger partial charge in [-0.2, -0.15) is 0 Å². The predicted molar refractivity (Wildman–Crippen MR) is 82.7 cm³/mol. The Hall–Kier alpha value is -0.865. The highest BCUT2D eigenvalue weighted by atomic mass is 35.5. The van der Waals surface area contributed by atoms with Crippen molar-refractivity contribution in [1.82, 2.24) is 5.32 Å². The maximum Gasteiger partial charge on any atom is 0.236 e. The molecule has 0 aromatic heterocycles. The molecule has 1 aromatic rings. The van der Waals surface area contributed by atoms with Gasteiger partial charge in [0, 0.05) is 10.7 Å². The summed E-state index contributed by atoms with van der Waals surface area (Å²) in [7, 11) is 17.4. The predicted octanol–water partition coefficient (Wildman–Crippen LogP) is 0.425. The van der Waals surface area contributed by atoms with Gasteiger partial charge in [0.15, 0.2) is 0 Å². The van der Waals surface area contributed by atoms with Gasteiger partial charge in [-0.25, -0.2) is 0 Å². The van der Waals surface area contributed by atoms with Gasteiger partial charge in [0.05, 0.1) is 29.0 Å². The van der Waals surface area contributed by atoms with Crippen molar-refractivity contribution in [3.63, 3.8) is 0 Å². The van der Waals surface area contributed by atoms with Gasteiger partial charge in [-0.15, -0.1) is 0 Å². The summed E-state index contributed by atoms with van der Waals surface area (Å²) in [6.45, 7) is 1.52. The summed E-state index contributed by atoms with van der Waals surface area (Å²) in [4.78, 5) is 14.2. The number of hydrogen-bond donors (Lipinski definition) is 1. The summed E-state index contributed by atoms with van der Waals surface area (Å²) < 4.78 is 0. The Bertz CT molecular complexity index is 567. The lowest BCUT2D eigenvalue weighted by molar-refractivity contribution is -0.124. The molecule has 1 N–H and O–H groups in total. The smallest absolute Gasteiger partial charge is 0.236 e. The van der Waals surface area contributed by atoms with Crippen LogP contribution in [-0.2, 0) is 10.2 Å². The maximum absolute atomic E-state index is 12.9. The molecule has 2 aliphatic heterocycles.